The second-order valence-electron chi connectivity index (χ2n) is 5.01. The first-order valence-corrected chi connectivity index (χ1v) is 6.51. The maximum atomic E-state index is 11.9. The summed E-state index contributed by atoms with van der Waals surface area (Å²) in [6.07, 6.45) is 0. The van der Waals surface area contributed by atoms with Crippen LogP contribution in [-0.2, 0) is 11.3 Å². The molecule has 0 bridgehead atoms. The summed E-state index contributed by atoms with van der Waals surface area (Å²) in [5.74, 6) is 0.547. The quantitative estimate of drug-likeness (QED) is 0.886. The third-order valence-electron chi connectivity index (χ3n) is 3.57. The molecule has 1 heterocycles. The molecule has 0 aliphatic rings. The van der Waals surface area contributed by atoms with E-state index in [1.165, 1.54) is 0 Å². The predicted molar refractivity (Wildman–Crippen MR) is 75.6 cm³/mol. The van der Waals surface area contributed by atoms with Crippen LogP contribution in [0.15, 0.2) is 28.7 Å². The lowest BCUT2D eigenvalue weighted by molar-refractivity contribution is -0.125. The molecule has 0 aliphatic heterocycles. The average Bonchev–Trinajstić information content (AvgIpc) is 2.72. The Labute approximate surface area is 113 Å². The predicted octanol–water partition coefficient (Wildman–Crippen LogP) is 2.34. The molecule has 2 rings (SSSR count). The number of amides is 1. The lowest BCUT2D eigenvalue weighted by atomic mass is 10.0. The monoisotopic (exact) mass is 260 g/mol. The Hall–Kier alpha value is -1.81. The number of carbonyl (C=O) groups is 1. The summed E-state index contributed by atoms with van der Waals surface area (Å²) < 4.78 is 5.74. The number of hydrogen-bond acceptors (Lipinski definition) is 3. The van der Waals surface area contributed by atoms with Gasteiger partial charge in [-0.3, -0.25) is 4.79 Å². The number of nitrogens with two attached hydrogens (primary N) is 1. The molecule has 1 aromatic carbocycles. The molecule has 0 spiro atoms. The van der Waals surface area contributed by atoms with E-state index in [1.807, 2.05) is 45.0 Å². The second kappa shape index (κ2) is 5.45. The van der Waals surface area contributed by atoms with Gasteiger partial charge in [-0.15, -0.1) is 0 Å². The van der Waals surface area contributed by atoms with Crippen molar-refractivity contribution in [2.75, 3.05) is 0 Å². The van der Waals surface area contributed by atoms with Crippen molar-refractivity contribution in [1.29, 1.82) is 0 Å². The van der Waals surface area contributed by atoms with Crippen LogP contribution in [0.3, 0.4) is 0 Å². The molecular formula is C15H20N2O2. The Balaban J connectivity index is 2.10. The summed E-state index contributed by atoms with van der Waals surface area (Å²) in [5, 5.41) is 3.96. The first kappa shape index (κ1) is 13.6. The van der Waals surface area contributed by atoms with E-state index >= 15 is 0 Å². The van der Waals surface area contributed by atoms with Crippen molar-refractivity contribution in [2.24, 2.45) is 11.7 Å². The highest BCUT2D eigenvalue weighted by Crippen LogP contribution is 2.24. The summed E-state index contributed by atoms with van der Waals surface area (Å²) in [7, 11) is 0. The number of benzene rings is 1. The molecule has 1 amide bonds. The number of nitrogens with one attached hydrogen (secondary N) is 1. The number of carbonyl (C=O) groups excluding carboxylic acids is 1. The van der Waals surface area contributed by atoms with Crippen LogP contribution in [0.4, 0.5) is 0 Å². The molecule has 19 heavy (non-hydrogen) atoms. The number of rotatable bonds is 4. The summed E-state index contributed by atoms with van der Waals surface area (Å²) in [4.78, 5) is 11.9. The second-order valence-corrected chi connectivity index (χ2v) is 5.01. The first-order valence-electron chi connectivity index (χ1n) is 6.51. The molecule has 0 saturated heterocycles. The standard InChI is InChI=1S/C15H20N2O2/c1-9(11(3)16)15(18)17-8-14-10(2)12-6-4-5-7-13(12)19-14/h4-7,9,11H,8,16H2,1-3H3,(H,17,18). The molecule has 102 valence electrons. The van der Waals surface area contributed by atoms with Crippen molar-refractivity contribution in [3.8, 4) is 0 Å². The SMILES string of the molecule is Cc1c(CNC(=O)C(C)C(C)N)oc2ccccc12. The zero-order valence-corrected chi connectivity index (χ0v) is 11.6. The van der Waals surface area contributed by atoms with E-state index in [0.717, 1.165) is 22.3 Å². The smallest absolute Gasteiger partial charge is 0.224 e. The van der Waals surface area contributed by atoms with Crippen molar-refractivity contribution in [3.05, 3.63) is 35.6 Å². The van der Waals surface area contributed by atoms with E-state index in [4.69, 9.17) is 10.2 Å². The van der Waals surface area contributed by atoms with Crippen LogP contribution >= 0.6 is 0 Å². The van der Waals surface area contributed by atoms with Crippen molar-refractivity contribution in [2.45, 2.75) is 33.4 Å². The van der Waals surface area contributed by atoms with Crippen molar-refractivity contribution >= 4 is 16.9 Å². The summed E-state index contributed by atoms with van der Waals surface area (Å²) in [5.41, 5.74) is 7.64. The van der Waals surface area contributed by atoms with Gasteiger partial charge >= 0.3 is 0 Å². The zero-order chi connectivity index (χ0) is 14.0. The molecule has 0 aliphatic carbocycles. The van der Waals surface area contributed by atoms with E-state index in [1.54, 1.807) is 0 Å². The minimum atomic E-state index is -0.204. The Bertz CT molecular complexity index is 587. The van der Waals surface area contributed by atoms with Gasteiger partial charge < -0.3 is 15.5 Å². The van der Waals surface area contributed by atoms with Crippen LogP contribution in [0.25, 0.3) is 11.0 Å². The van der Waals surface area contributed by atoms with Gasteiger partial charge in [0.1, 0.15) is 11.3 Å². The Morgan fingerprint density at radius 2 is 2.05 bits per heavy atom. The molecule has 4 heteroatoms. The van der Waals surface area contributed by atoms with E-state index in [2.05, 4.69) is 5.32 Å². The number of para-hydroxylation sites is 1. The minimum absolute atomic E-state index is 0.0464. The lowest BCUT2D eigenvalue weighted by Gasteiger charge is -2.14. The third-order valence-corrected chi connectivity index (χ3v) is 3.57. The molecule has 1 aromatic heterocycles. The van der Waals surface area contributed by atoms with Gasteiger partial charge in [0.15, 0.2) is 0 Å². The van der Waals surface area contributed by atoms with Crippen LogP contribution < -0.4 is 11.1 Å². The molecule has 2 atom stereocenters. The number of hydrogen-bond donors (Lipinski definition) is 2. The number of furan rings is 1. The van der Waals surface area contributed by atoms with Crippen LogP contribution in [0, 0.1) is 12.8 Å². The largest absolute Gasteiger partial charge is 0.459 e. The fraction of sp³-hybridized carbons (Fsp3) is 0.400. The maximum absolute atomic E-state index is 11.9. The molecule has 3 N–H and O–H groups in total. The van der Waals surface area contributed by atoms with E-state index in [9.17, 15) is 4.79 Å². The molecule has 2 aromatic rings. The minimum Gasteiger partial charge on any atom is -0.459 e. The summed E-state index contributed by atoms with van der Waals surface area (Å²) in [6.45, 7) is 6.06. The van der Waals surface area contributed by atoms with Gasteiger partial charge in [0.2, 0.25) is 5.91 Å². The highest BCUT2D eigenvalue weighted by molar-refractivity contribution is 5.82. The molecular weight excluding hydrogens is 240 g/mol. The highest BCUT2D eigenvalue weighted by Gasteiger charge is 2.18. The lowest BCUT2D eigenvalue weighted by Crippen LogP contribution is -2.38. The normalized spacial score (nSPS) is 14.3. The Morgan fingerprint density at radius 1 is 1.37 bits per heavy atom. The van der Waals surface area contributed by atoms with Gasteiger partial charge in [-0.1, -0.05) is 25.1 Å². The number of aryl methyl sites for hydroxylation is 1. The highest BCUT2D eigenvalue weighted by atomic mass is 16.3. The molecule has 2 unspecified atom stereocenters. The molecule has 0 fully saturated rings. The van der Waals surface area contributed by atoms with Gasteiger partial charge in [-0.25, -0.2) is 0 Å². The van der Waals surface area contributed by atoms with Crippen molar-refractivity contribution in [1.82, 2.24) is 5.32 Å². The van der Waals surface area contributed by atoms with Gasteiger partial charge in [0.05, 0.1) is 6.54 Å². The van der Waals surface area contributed by atoms with Gasteiger partial charge in [-0.2, -0.15) is 0 Å². The van der Waals surface area contributed by atoms with Gasteiger partial charge in [0.25, 0.3) is 0 Å². The molecule has 4 nitrogen and oxygen atoms in total. The average molecular weight is 260 g/mol. The van der Waals surface area contributed by atoms with Crippen LogP contribution in [0.5, 0.6) is 0 Å². The maximum Gasteiger partial charge on any atom is 0.224 e. The van der Waals surface area contributed by atoms with E-state index in [-0.39, 0.29) is 17.9 Å². The molecule has 0 radical (unpaired) electrons. The van der Waals surface area contributed by atoms with Crippen LogP contribution in [0.1, 0.15) is 25.2 Å². The van der Waals surface area contributed by atoms with Crippen LogP contribution in [-0.4, -0.2) is 11.9 Å². The van der Waals surface area contributed by atoms with E-state index in [0.29, 0.717) is 6.54 Å². The van der Waals surface area contributed by atoms with Gasteiger partial charge in [-0.05, 0) is 19.9 Å². The van der Waals surface area contributed by atoms with Gasteiger partial charge in [0, 0.05) is 22.9 Å². The molecule has 0 saturated carbocycles. The summed E-state index contributed by atoms with van der Waals surface area (Å²) >= 11 is 0. The fourth-order valence-corrected chi connectivity index (χ4v) is 1.96. The number of fused-ring (bicyclic) bond motifs is 1. The summed E-state index contributed by atoms with van der Waals surface area (Å²) in [6, 6.07) is 7.70. The van der Waals surface area contributed by atoms with Crippen molar-refractivity contribution in [3.63, 3.8) is 0 Å². The Kier molecular flexibility index (Phi) is 3.90. The van der Waals surface area contributed by atoms with E-state index < -0.39 is 0 Å². The zero-order valence-electron chi connectivity index (χ0n) is 11.6. The third kappa shape index (κ3) is 2.79. The fourth-order valence-electron chi connectivity index (χ4n) is 1.96. The first-order chi connectivity index (χ1) is 9.00. The van der Waals surface area contributed by atoms with Crippen LogP contribution in [0.2, 0.25) is 0 Å². The topological polar surface area (TPSA) is 68.3 Å². The van der Waals surface area contributed by atoms with Crippen molar-refractivity contribution < 1.29 is 9.21 Å². The Morgan fingerprint density at radius 3 is 2.68 bits per heavy atom.